The molecule has 0 spiro atoms. The van der Waals surface area contributed by atoms with Crippen molar-refractivity contribution in [2.24, 2.45) is 11.7 Å². The van der Waals surface area contributed by atoms with Crippen LogP contribution in [0.2, 0.25) is 0 Å². The summed E-state index contributed by atoms with van der Waals surface area (Å²) in [6.45, 7) is 13.8. The first-order valence-corrected chi connectivity index (χ1v) is 20.6. The van der Waals surface area contributed by atoms with E-state index in [-0.39, 0.29) is 35.5 Å². The molecular weight excluding hydrogens is 797 g/mol. The van der Waals surface area contributed by atoms with Gasteiger partial charge in [0.25, 0.3) is 0 Å². The topological polar surface area (TPSA) is 212 Å². The van der Waals surface area contributed by atoms with Crippen LogP contribution in [0.25, 0.3) is 44.6 Å². The number of amides is 2. The standard InChI is InChI=1S/C22H26FN7O.C22H25FN6O2/c1-3-28(4-2)22(31)30-13-11-29(12-14-30)20-19-18(26-21(24)27-20)10-9-17(25-19)15-5-7-16(23)8-6-15;1-22(2,3)31-20(30)14-10-11-29(18(14)24)19-17-16(27-21(25)28-19)9-8-15(26-17)12-4-6-13(23)7-5-12/h5-10H,3-4,11-14H2,1-2H3,(H2,24,26,27);4-9,14,18H,10-11,24H2,1-3H3,(H2,25,27,28)/t;14?,18-/m.1/s1. The van der Waals surface area contributed by atoms with E-state index in [0.29, 0.717) is 97.3 Å². The van der Waals surface area contributed by atoms with Crippen LogP contribution in [0.3, 0.4) is 0 Å². The highest BCUT2D eigenvalue weighted by Crippen LogP contribution is 2.34. The summed E-state index contributed by atoms with van der Waals surface area (Å²) in [6.07, 6.45) is -0.109. The number of halogens is 2. The van der Waals surface area contributed by atoms with Crippen molar-refractivity contribution in [2.45, 2.75) is 52.8 Å². The van der Waals surface area contributed by atoms with E-state index in [0.717, 1.165) is 11.1 Å². The molecular formula is C44H51F2N13O3. The quantitative estimate of drug-likeness (QED) is 0.161. The minimum Gasteiger partial charge on any atom is -0.460 e. The number of nitrogens with two attached hydrogens (primary N) is 3. The molecule has 324 valence electrons. The van der Waals surface area contributed by atoms with E-state index in [1.54, 1.807) is 36.4 Å². The smallest absolute Gasteiger partial charge is 0.320 e. The third-order valence-electron chi connectivity index (χ3n) is 10.7. The summed E-state index contributed by atoms with van der Waals surface area (Å²) in [6, 6.07) is 19.6. The SMILES string of the molecule is CC(C)(C)OC(=O)C1CCN(c2nc(N)nc3ccc(-c4ccc(F)cc4)nc23)[C@H]1N.CCN(CC)C(=O)N1CCN(c2nc(N)nc3ccc(-c4ccc(F)cc4)nc23)CC1. The predicted molar refractivity (Wildman–Crippen MR) is 236 cm³/mol. The molecule has 0 aliphatic carbocycles. The summed E-state index contributed by atoms with van der Waals surface area (Å²) in [5.41, 5.74) is 23.0. The van der Waals surface area contributed by atoms with E-state index in [4.69, 9.17) is 31.9 Å². The van der Waals surface area contributed by atoms with Gasteiger partial charge in [-0.1, -0.05) is 0 Å². The van der Waals surface area contributed by atoms with Crippen LogP contribution in [-0.4, -0.2) is 109 Å². The van der Waals surface area contributed by atoms with E-state index in [1.165, 1.54) is 24.3 Å². The molecule has 2 aromatic carbocycles. The number of anilines is 4. The van der Waals surface area contributed by atoms with Crippen molar-refractivity contribution in [2.75, 3.05) is 67.1 Å². The minimum absolute atomic E-state index is 0.0634. The molecule has 18 heteroatoms. The highest BCUT2D eigenvalue weighted by molar-refractivity contribution is 5.90. The van der Waals surface area contributed by atoms with Gasteiger partial charge in [0.05, 0.1) is 34.5 Å². The molecule has 6 N–H and O–H groups in total. The molecule has 0 saturated carbocycles. The van der Waals surface area contributed by atoms with Gasteiger partial charge >= 0.3 is 12.0 Å². The lowest BCUT2D eigenvalue weighted by molar-refractivity contribution is -0.160. The van der Waals surface area contributed by atoms with Gasteiger partial charge in [-0.15, -0.1) is 0 Å². The molecule has 2 fully saturated rings. The molecule has 2 aliphatic heterocycles. The Balaban J connectivity index is 0.000000186. The minimum atomic E-state index is -0.636. The first kappa shape index (κ1) is 43.3. The van der Waals surface area contributed by atoms with Gasteiger partial charge in [-0.2, -0.15) is 9.97 Å². The maximum absolute atomic E-state index is 13.3. The maximum Gasteiger partial charge on any atom is 0.320 e. The molecule has 6 aromatic rings. The average molecular weight is 848 g/mol. The predicted octanol–water partition coefficient (Wildman–Crippen LogP) is 5.86. The normalized spacial score (nSPS) is 16.6. The molecule has 8 rings (SSSR count). The lowest BCUT2D eigenvalue weighted by Gasteiger charge is -2.37. The second-order valence-electron chi connectivity index (χ2n) is 16.0. The Kier molecular flexibility index (Phi) is 12.6. The third kappa shape index (κ3) is 9.54. The number of benzene rings is 2. The summed E-state index contributed by atoms with van der Waals surface area (Å²) in [4.78, 5) is 59.8. The van der Waals surface area contributed by atoms with Crippen molar-refractivity contribution >= 4 is 57.6 Å². The number of rotatable bonds is 7. The monoisotopic (exact) mass is 847 g/mol. The lowest BCUT2D eigenvalue weighted by Crippen LogP contribution is -2.53. The van der Waals surface area contributed by atoms with Gasteiger partial charge in [-0.3, -0.25) is 4.79 Å². The van der Waals surface area contributed by atoms with Crippen molar-refractivity contribution < 1.29 is 23.1 Å². The molecule has 2 amide bonds. The van der Waals surface area contributed by atoms with Gasteiger partial charge < -0.3 is 41.5 Å². The second kappa shape index (κ2) is 18.0. The van der Waals surface area contributed by atoms with Gasteiger partial charge in [-0.05, 0) is 114 Å². The molecule has 0 radical (unpaired) electrons. The van der Waals surface area contributed by atoms with E-state index < -0.39 is 17.7 Å². The van der Waals surface area contributed by atoms with Gasteiger partial charge in [0, 0.05) is 56.9 Å². The Hall–Kier alpha value is -6.82. The van der Waals surface area contributed by atoms with E-state index in [9.17, 15) is 18.4 Å². The van der Waals surface area contributed by atoms with Crippen LogP contribution in [0.5, 0.6) is 0 Å². The molecule has 2 aliphatic rings. The first-order valence-electron chi connectivity index (χ1n) is 20.6. The summed E-state index contributed by atoms with van der Waals surface area (Å²) in [7, 11) is 0. The fourth-order valence-corrected chi connectivity index (χ4v) is 7.52. The number of fused-ring (bicyclic) bond motifs is 2. The molecule has 0 bridgehead atoms. The number of hydrogen-bond acceptors (Lipinski definition) is 14. The van der Waals surface area contributed by atoms with E-state index in [1.807, 2.05) is 61.5 Å². The van der Waals surface area contributed by atoms with E-state index >= 15 is 0 Å². The number of pyridine rings is 2. The van der Waals surface area contributed by atoms with Gasteiger partial charge in [0.1, 0.15) is 28.3 Å². The number of ether oxygens (including phenoxy) is 1. The third-order valence-corrected chi connectivity index (χ3v) is 10.7. The Bertz CT molecular complexity index is 2560. The van der Waals surface area contributed by atoms with E-state index in [2.05, 4.69) is 24.8 Å². The Morgan fingerprint density at radius 3 is 1.66 bits per heavy atom. The van der Waals surface area contributed by atoms with Crippen molar-refractivity contribution in [1.29, 1.82) is 0 Å². The highest BCUT2D eigenvalue weighted by Gasteiger charge is 2.40. The van der Waals surface area contributed by atoms with Crippen LogP contribution in [0.1, 0.15) is 41.0 Å². The fraction of sp³-hybridized carbons (Fsp3) is 0.364. The van der Waals surface area contributed by atoms with Crippen molar-refractivity contribution in [1.82, 2.24) is 39.7 Å². The lowest BCUT2D eigenvalue weighted by atomic mass is 10.1. The van der Waals surface area contributed by atoms with Gasteiger partial charge in [-0.25, -0.2) is 33.5 Å². The summed E-state index contributed by atoms with van der Waals surface area (Å²) in [5, 5.41) is 0. The van der Waals surface area contributed by atoms with Crippen LogP contribution >= 0.6 is 0 Å². The maximum atomic E-state index is 13.3. The molecule has 1 unspecified atom stereocenters. The van der Waals surface area contributed by atoms with Crippen LogP contribution in [0, 0.1) is 17.6 Å². The fourth-order valence-electron chi connectivity index (χ4n) is 7.52. The van der Waals surface area contributed by atoms with Crippen molar-refractivity contribution in [3.8, 4) is 22.5 Å². The molecule has 4 aromatic heterocycles. The van der Waals surface area contributed by atoms with Gasteiger partial charge in [0.2, 0.25) is 11.9 Å². The number of nitrogens with zero attached hydrogens (tertiary/aromatic N) is 10. The molecule has 2 saturated heterocycles. The molecule has 16 nitrogen and oxygen atoms in total. The number of hydrogen-bond donors (Lipinski definition) is 3. The van der Waals surface area contributed by atoms with Gasteiger partial charge in [0.15, 0.2) is 11.6 Å². The average Bonchev–Trinajstić information content (AvgIpc) is 3.64. The highest BCUT2D eigenvalue weighted by atomic mass is 19.1. The second-order valence-corrected chi connectivity index (χ2v) is 16.0. The number of urea groups is 1. The number of piperazine rings is 1. The first-order chi connectivity index (χ1) is 29.6. The number of esters is 1. The van der Waals surface area contributed by atoms with Crippen molar-refractivity contribution in [3.63, 3.8) is 0 Å². The Morgan fingerprint density at radius 2 is 1.18 bits per heavy atom. The molecule has 6 heterocycles. The summed E-state index contributed by atoms with van der Waals surface area (Å²) >= 11 is 0. The van der Waals surface area contributed by atoms with Crippen LogP contribution in [-0.2, 0) is 9.53 Å². The number of nitrogen functional groups attached to an aromatic ring is 2. The summed E-state index contributed by atoms with van der Waals surface area (Å²) in [5.74, 6) is -0.0609. The van der Waals surface area contributed by atoms with Crippen LogP contribution in [0.15, 0.2) is 72.8 Å². The summed E-state index contributed by atoms with van der Waals surface area (Å²) < 4.78 is 32.1. The zero-order chi connectivity index (χ0) is 44.3. The Morgan fingerprint density at radius 1 is 0.694 bits per heavy atom. The largest absolute Gasteiger partial charge is 0.460 e. The number of carbonyl (C=O) groups is 2. The Labute approximate surface area is 358 Å². The zero-order valence-corrected chi connectivity index (χ0v) is 35.4. The number of aromatic nitrogens is 6. The van der Waals surface area contributed by atoms with Crippen LogP contribution < -0.4 is 27.0 Å². The van der Waals surface area contributed by atoms with Crippen LogP contribution in [0.4, 0.5) is 37.1 Å². The number of carbonyl (C=O) groups excluding carboxylic acids is 2. The molecule has 2 atom stereocenters. The zero-order valence-electron chi connectivity index (χ0n) is 35.4. The molecule has 62 heavy (non-hydrogen) atoms. The van der Waals surface area contributed by atoms with Crippen molar-refractivity contribution in [3.05, 3.63) is 84.4 Å².